The van der Waals surface area contributed by atoms with E-state index in [0.29, 0.717) is 50.8 Å². The molecule has 16 nitrogen and oxygen atoms in total. The lowest BCUT2D eigenvalue weighted by molar-refractivity contribution is -0.0103. The highest BCUT2D eigenvalue weighted by Gasteiger charge is 2.45. The molecule has 2 atom stereocenters. The molecule has 2 rings (SSSR count). The lowest BCUT2D eigenvalue weighted by Gasteiger charge is -2.47. The Bertz CT molecular complexity index is 1650. The molecule has 0 aromatic heterocycles. The minimum Gasteiger partial charge on any atom is -0.467 e. The third-order valence-electron chi connectivity index (χ3n) is 12.7. The zero-order valence-electron chi connectivity index (χ0n) is 44.3. The van der Waals surface area contributed by atoms with Crippen molar-refractivity contribution >= 4 is 31.8 Å². The van der Waals surface area contributed by atoms with Gasteiger partial charge in [-0.2, -0.15) is 0 Å². The monoisotopic (exact) mass is 1040 g/mol. The standard InChI is InChI=1S/C48H90N2O14P2Si2/c1-16-60-65(51,61-17-2)37-49(34-41-24-20-22-26-45(41)58-39-56-32-30-54-10)43(28-29-48(8,9)67(12,13)53)44(36-64-68(14,15)47(5,6)7)50(38-66(52,62-18-3)63-19-4)35-42-25-21-23-27-46(42)59-40-57-33-31-55-11/h20-27,43-44,53H,16-19,28-40H2,1-15H3/t43-,44-/m0/s1. The van der Waals surface area contributed by atoms with Crippen LogP contribution in [0.5, 0.6) is 11.5 Å². The second-order valence-corrected chi connectivity index (χ2v) is 32.7. The Hall–Kier alpha value is -1.55. The van der Waals surface area contributed by atoms with Crippen LogP contribution in [-0.2, 0) is 63.7 Å². The maximum absolute atomic E-state index is 15.0. The van der Waals surface area contributed by atoms with E-state index in [9.17, 15) is 4.80 Å². The second-order valence-electron chi connectivity index (χ2n) is 19.4. The third-order valence-corrected chi connectivity index (χ3v) is 24.8. The van der Waals surface area contributed by atoms with Gasteiger partial charge in [-0.15, -0.1) is 0 Å². The zero-order chi connectivity index (χ0) is 51.1. The van der Waals surface area contributed by atoms with Gasteiger partial charge >= 0.3 is 15.2 Å². The van der Waals surface area contributed by atoms with Crippen LogP contribution >= 0.6 is 15.2 Å². The number of benzene rings is 2. The second kappa shape index (κ2) is 30.5. The molecule has 394 valence electrons. The largest absolute Gasteiger partial charge is 0.467 e. The summed E-state index contributed by atoms with van der Waals surface area (Å²) < 4.78 is 96.0. The van der Waals surface area contributed by atoms with E-state index in [-0.39, 0.29) is 77.3 Å². The molecule has 20 heteroatoms. The molecule has 0 aliphatic heterocycles. The topological polar surface area (TPSA) is 162 Å². The van der Waals surface area contributed by atoms with Crippen molar-refractivity contribution < 1.29 is 64.9 Å². The predicted molar refractivity (Wildman–Crippen MR) is 276 cm³/mol. The summed E-state index contributed by atoms with van der Waals surface area (Å²) in [6.07, 6.45) is 0.864. The van der Waals surface area contributed by atoms with Crippen LogP contribution in [0.2, 0.25) is 36.3 Å². The van der Waals surface area contributed by atoms with Gasteiger partial charge in [0, 0.05) is 50.5 Å². The lowest BCUT2D eigenvalue weighted by atomic mass is 9.94. The van der Waals surface area contributed by atoms with E-state index in [0.717, 1.165) is 11.1 Å². The summed E-state index contributed by atoms with van der Waals surface area (Å²) >= 11 is 0. The Kier molecular flexibility index (Phi) is 28.0. The average molecular weight is 1040 g/mol. The number of ether oxygens (including phenoxy) is 6. The average Bonchev–Trinajstić information content (AvgIpc) is 3.24. The fourth-order valence-corrected chi connectivity index (χ4v) is 12.4. The normalized spacial score (nSPS) is 14.2. The van der Waals surface area contributed by atoms with E-state index >= 15 is 9.13 Å². The summed E-state index contributed by atoms with van der Waals surface area (Å²) in [5.41, 5.74) is 1.61. The van der Waals surface area contributed by atoms with Crippen molar-refractivity contribution in [3.05, 3.63) is 59.7 Å². The molecule has 0 fully saturated rings. The molecule has 1 N–H and O–H groups in total. The van der Waals surface area contributed by atoms with Gasteiger partial charge in [0.2, 0.25) is 0 Å². The van der Waals surface area contributed by atoms with Crippen LogP contribution in [0.25, 0.3) is 0 Å². The molecule has 0 saturated heterocycles. The number of hydrogen-bond acceptors (Lipinski definition) is 16. The number of para-hydroxylation sites is 2. The van der Waals surface area contributed by atoms with Crippen molar-refractivity contribution in [2.45, 2.75) is 137 Å². The zero-order valence-corrected chi connectivity index (χ0v) is 48.1. The summed E-state index contributed by atoms with van der Waals surface area (Å²) in [5, 5.41) is -0.631. The third kappa shape index (κ3) is 21.3. The first-order valence-electron chi connectivity index (χ1n) is 24.1. The van der Waals surface area contributed by atoms with Crippen LogP contribution in [0.1, 0.15) is 86.3 Å². The summed E-state index contributed by atoms with van der Waals surface area (Å²) in [5.74, 6) is 1.17. The number of rotatable bonds is 38. The van der Waals surface area contributed by atoms with Crippen molar-refractivity contribution in [2.24, 2.45) is 0 Å². The SMILES string of the molecule is CCOP(=O)(CN(Cc1ccccc1OCOCCOC)[C@@H](CCC(C)(C)[Si](C)(C)O)[C@H](CO[Si](C)(C)C(C)(C)C)N(Cc1ccccc1OCOCCOC)CP(=O)(OCC)OCC)OCC. The van der Waals surface area contributed by atoms with E-state index in [1.54, 1.807) is 41.9 Å². The van der Waals surface area contributed by atoms with Crippen LogP contribution in [0, 0.1) is 0 Å². The maximum atomic E-state index is 15.0. The Morgan fingerprint density at radius 3 is 1.38 bits per heavy atom. The van der Waals surface area contributed by atoms with Crippen molar-refractivity contribution in [2.75, 3.05) is 99.8 Å². The number of hydrogen-bond donors (Lipinski definition) is 1. The van der Waals surface area contributed by atoms with Crippen LogP contribution in [0.15, 0.2) is 48.5 Å². The van der Waals surface area contributed by atoms with Crippen LogP contribution in [0.4, 0.5) is 0 Å². The summed E-state index contributed by atoms with van der Waals surface area (Å²) in [4.78, 5) is 16.0. The molecule has 0 heterocycles. The van der Waals surface area contributed by atoms with E-state index in [2.05, 4.69) is 57.5 Å². The quantitative estimate of drug-likeness (QED) is 0.0292. The molecule has 0 radical (unpaired) electrons. The molecule has 0 aliphatic rings. The minimum atomic E-state index is -3.81. The molecular formula is C48H90N2O14P2Si2. The first kappa shape index (κ1) is 62.6. The van der Waals surface area contributed by atoms with E-state index in [1.165, 1.54) is 0 Å². The Labute approximate surface area is 412 Å². The molecular weight excluding hydrogens is 947 g/mol. The van der Waals surface area contributed by atoms with Gasteiger partial charge in [-0.1, -0.05) is 71.0 Å². The van der Waals surface area contributed by atoms with Crippen molar-refractivity contribution in [3.63, 3.8) is 0 Å². The molecule has 2 aromatic carbocycles. The lowest BCUT2D eigenvalue weighted by Crippen LogP contribution is -2.56. The fourth-order valence-electron chi connectivity index (χ4n) is 7.02. The predicted octanol–water partition coefficient (Wildman–Crippen LogP) is 11.0. The van der Waals surface area contributed by atoms with Gasteiger partial charge in [-0.25, -0.2) is 0 Å². The van der Waals surface area contributed by atoms with Crippen molar-refractivity contribution in [3.8, 4) is 11.5 Å². The van der Waals surface area contributed by atoms with Gasteiger partial charge in [-0.05, 0) is 88.9 Å². The summed E-state index contributed by atoms with van der Waals surface area (Å²) in [6, 6.07) is 14.3. The highest BCUT2D eigenvalue weighted by atomic mass is 31.2. The van der Waals surface area contributed by atoms with Crippen LogP contribution < -0.4 is 9.47 Å². The van der Waals surface area contributed by atoms with Crippen molar-refractivity contribution in [1.82, 2.24) is 9.80 Å². The van der Waals surface area contributed by atoms with Gasteiger partial charge in [0.25, 0.3) is 0 Å². The van der Waals surface area contributed by atoms with Gasteiger partial charge < -0.3 is 55.7 Å². The van der Waals surface area contributed by atoms with E-state index < -0.39 is 48.9 Å². The molecule has 0 spiro atoms. The molecule has 2 aromatic rings. The molecule has 0 aliphatic carbocycles. The van der Waals surface area contributed by atoms with Gasteiger partial charge in [0.05, 0.1) is 59.5 Å². The summed E-state index contributed by atoms with van der Waals surface area (Å²) in [6.45, 7) is 29.2. The van der Waals surface area contributed by atoms with E-state index in [1.807, 2.05) is 61.6 Å². The number of nitrogens with zero attached hydrogens (tertiary/aromatic N) is 2. The molecule has 0 saturated carbocycles. The highest BCUT2D eigenvalue weighted by molar-refractivity contribution is 7.54. The Balaban J connectivity index is 3.14. The first-order valence-corrected chi connectivity index (χ1v) is 33.4. The van der Waals surface area contributed by atoms with E-state index in [4.69, 9.17) is 50.9 Å². The molecule has 0 bridgehead atoms. The van der Waals surface area contributed by atoms with Crippen LogP contribution in [-0.4, -0.2) is 143 Å². The van der Waals surface area contributed by atoms with Crippen molar-refractivity contribution in [1.29, 1.82) is 0 Å². The minimum absolute atomic E-state index is 0.00954. The Morgan fingerprint density at radius 2 is 1.01 bits per heavy atom. The van der Waals surface area contributed by atoms with Crippen LogP contribution in [0.3, 0.4) is 0 Å². The number of methoxy groups -OCH3 is 2. The first-order chi connectivity index (χ1) is 32.0. The smallest absolute Gasteiger partial charge is 0.344 e. The summed E-state index contributed by atoms with van der Waals surface area (Å²) in [7, 11) is -9.66. The van der Waals surface area contributed by atoms with Gasteiger partial charge in [0.15, 0.2) is 30.2 Å². The molecule has 0 unspecified atom stereocenters. The fraction of sp³-hybridized carbons (Fsp3) is 0.750. The van der Waals surface area contributed by atoms with Gasteiger partial charge in [0.1, 0.15) is 24.1 Å². The maximum Gasteiger partial charge on any atom is 0.344 e. The molecule has 0 amide bonds. The molecule has 68 heavy (non-hydrogen) atoms. The van der Waals surface area contributed by atoms with Gasteiger partial charge in [-0.3, -0.25) is 18.9 Å². The Morgan fingerprint density at radius 1 is 0.618 bits per heavy atom. The highest BCUT2D eigenvalue weighted by Crippen LogP contribution is 2.52.